The third kappa shape index (κ3) is 35.9. The van der Waals surface area contributed by atoms with Gasteiger partial charge in [0.1, 0.15) is 0 Å². The smallest absolute Gasteiger partial charge is 0.183 e. The Kier molecular flexibility index (Phi) is 31.3. The fourth-order valence-corrected chi connectivity index (χ4v) is 4.22. The average molecular weight is 567 g/mol. The van der Waals surface area contributed by atoms with Crippen molar-refractivity contribution in [2.75, 3.05) is 99.1 Å². The fourth-order valence-electron chi connectivity index (χ4n) is 3.52. The Morgan fingerprint density at radius 2 is 0.579 bits per heavy atom. The van der Waals surface area contributed by atoms with Crippen molar-refractivity contribution in [1.29, 1.82) is 0 Å². The van der Waals surface area contributed by atoms with E-state index in [1.807, 2.05) is 0 Å². The first-order chi connectivity index (χ1) is 18.6. The molecule has 0 unspecified atom stereocenters. The van der Waals surface area contributed by atoms with Gasteiger partial charge in [-0.15, -0.1) is 0 Å². The largest absolute Gasteiger partial charge is 0.415 e. The van der Waals surface area contributed by atoms with Gasteiger partial charge in [0, 0.05) is 6.61 Å². The van der Waals surface area contributed by atoms with Crippen LogP contribution in [0, 0.1) is 0 Å². The van der Waals surface area contributed by atoms with Crippen molar-refractivity contribution in [2.45, 2.75) is 90.8 Å². The first-order valence-corrected chi connectivity index (χ1v) is 18.6. The molecule has 38 heavy (non-hydrogen) atoms. The highest BCUT2D eigenvalue weighted by Crippen LogP contribution is 2.10. The highest BCUT2D eigenvalue weighted by atomic mass is 28.4. The fraction of sp³-hybridized carbons (Fsp3) is 1.00. The van der Waals surface area contributed by atoms with Gasteiger partial charge in [-0.3, -0.25) is 0 Å². The van der Waals surface area contributed by atoms with Gasteiger partial charge in [-0.1, -0.05) is 64.7 Å². The second-order valence-electron chi connectivity index (χ2n) is 10.4. The van der Waals surface area contributed by atoms with Crippen LogP contribution in [-0.4, -0.2) is 107 Å². The lowest BCUT2D eigenvalue weighted by atomic mass is 10.1. The first-order valence-electron chi connectivity index (χ1n) is 15.2. The van der Waals surface area contributed by atoms with Crippen LogP contribution in [0.3, 0.4) is 0 Å². The summed E-state index contributed by atoms with van der Waals surface area (Å²) in [6.07, 6.45) is 13.5. The molecule has 0 aromatic carbocycles. The molecule has 0 saturated heterocycles. The molecule has 0 radical (unpaired) electrons. The van der Waals surface area contributed by atoms with Gasteiger partial charge in [0.05, 0.1) is 92.5 Å². The summed E-state index contributed by atoms with van der Waals surface area (Å²) in [4.78, 5) is 0. The number of unbranched alkanes of at least 4 members (excludes halogenated alkanes) is 9. The maximum atomic E-state index is 5.72. The van der Waals surface area contributed by atoms with E-state index in [1.165, 1.54) is 57.8 Å². The van der Waals surface area contributed by atoms with E-state index >= 15 is 0 Å². The molecule has 0 amide bonds. The summed E-state index contributed by atoms with van der Waals surface area (Å²) in [5.41, 5.74) is 0. The summed E-state index contributed by atoms with van der Waals surface area (Å²) < 4.78 is 44.3. The minimum Gasteiger partial charge on any atom is -0.415 e. The van der Waals surface area contributed by atoms with E-state index in [0.717, 1.165) is 13.0 Å². The predicted octanol–water partition coefficient (Wildman–Crippen LogP) is 5.88. The SMILES string of the molecule is CCCCCCCCCCCCOCCOCCOCCOCCOCCOCCOCCO[Si](C)(C)C. The van der Waals surface area contributed by atoms with Gasteiger partial charge in [-0.25, -0.2) is 0 Å². The van der Waals surface area contributed by atoms with Gasteiger partial charge >= 0.3 is 0 Å². The van der Waals surface area contributed by atoms with E-state index in [-0.39, 0.29) is 0 Å². The van der Waals surface area contributed by atoms with Gasteiger partial charge < -0.3 is 37.6 Å². The molecule has 0 heterocycles. The Balaban J connectivity index is 3.04. The van der Waals surface area contributed by atoms with Crippen molar-refractivity contribution in [3.05, 3.63) is 0 Å². The lowest BCUT2D eigenvalue weighted by Crippen LogP contribution is -2.27. The molecule has 9 heteroatoms. The van der Waals surface area contributed by atoms with Crippen molar-refractivity contribution in [3.8, 4) is 0 Å². The van der Waals surface area contributed by atoms with Crippen molar-refractivity contribution in [2.24, 2.45) is 0 Å². The van der Waals surface area contributed by atoms with E-state index in [9.17, 15) is 0 Å². The number of hydrogen-bond acceptors (Lipinski definition) is 8. The summed E-state index contributed by atoms with van der Waals surface area (Å²) in [5.74, 6) is 0. The molecule has 0 bridgehead atoms. The second kappa shape index (κ2) is 31.4. The van der Waals surface area contributed by atoms with Crippen molar-refractivity contribution >= 4 is 8.32 Å². The summed E-state index contributed by atoms with van der Waals surface area (Å²) >= 11 is 0. The summed E-state index contributed by atoms with van der Waals surface area (Å²) in [7, 11) is -1.44. The molecule has 0 aliphatic rings. The van der Waals surface area contributed by atoms with Crippen LogP contribution in [-0.2, 0) is 37.6 Å². The van der Waals surface area contributed by atoms with Crippen LogP contribution in [0.25, 0.3) is 0 Å². The van der Waals surface area contributed by atoms with E-state index < -0.39 is 8.32 Å². The van der Waals surface area contributed by atoms with Gasteiger partial charge in [-0.2, -0.15) is 0 Å². The molecule has 0 atom stereocenters. The Morgan fingerprint density at radius 1 is 0.316 bits per heavy atom. The molecule has 230 valence electrons. The quantitative estimate of drug-likeness (QED) is 0.0721. The van der Waals surface area contributed by atoms with Crippen LogP contribution in [0.1, 0.15) is 71.1 Å². The summed E-state index contributed by atoms with van der Waals surface area (Å²) in [6.45, 7) is 17.8. The van der Waals surface area contributed by atoms with Crippen LogP contribution in [0.15, 0.2) is 0 Å². The standard InChI is InChI=1S/C29H62O8Si/c1-5-6-7-8-9-10-11-12-13-14-15-30-16-17-31-18-19-32-20-21-33-22-23-34-24-25-35-26-27-36-28-29-37-38(2,3)4/h5-29H2,1-4H3. The third-order valence-electron chi connectivity index (χ3n) is 5.64. The van der Waals surface area contributed by atoms with Crippen molar-refractivity contribution in [3.63, 3.8) is 0 Å². The van der Waals surface area contributed by atoms with E-state index in [2.05, 4.69) is 26.6 Å². The van der Waals surface area contributed by atoms with E-state index in [1.54, 1.807) is 0 Å². The zero-order valence-corrected chi connectivity index (χ0v) is 26.4. The Hall–Kier alpha value is -0.103. The number of hydrogen-bond donors (Lipinski definition) is 0. The Labute approximate surface area is 235 Å². The van der Waals surface area contributed by atoms with Crippen LogP contribution in [0.2, 0.25) is 19.6 Å². The van der Waals surface area contributed by atoms with E-state index in [4.69, 9.17) is 37.6 Å². The van der Waals surface area contributed by atoms with Gasteiger partial charge in [0.25, 0.3) is 0 Å². The second-order valence-corrected chi connectivity index (χ2v) is 14.9. The normalized spacial score (nSPS) is 12.0. The molecule has 0 rings (SSSR count). The molecule has 0 aliphatic heterocycles. The Morgan fingerprint density at radius 3 is 0.895 bits per heavy atom. The lowest BCUT2D eigenvalue weighted by molar-refractivity contribution is -0.0213. The maximum absolute atomic E-state index is 5.72. The van der Waals surface area contributed by atoms with Gasteiger partial charge in [0.2, 0.25) is 0 Å². The molecule has 0 spiro atoms. The van der Waals surface area contributed by atoms with Crippen LogP contribution < -0.4 is 0 Å². The highest BCUT2D eigenvalue weighted by Gasteiger charge is 2.13. The summed E-state index contributed by atoms with van der Waals surface area (Å²) in [6, 6.07) is 0. The molecule has 0 N–H and O–H groups in total. The van der Waals surface area contributed by atoms with Crippen LogP contribution >= 0.6 is 0 Å². The molecule has 0 fully saturated rings. The summed E-state index contributed by atoms with van der Waals surface area (Å²) in [5, 5.41) is 0. The molecule has 0 aliphatic carbocycles. The topological polar surface area (TPSA) is 73.8 Å². The molecule has 0 aromatic rings. The number of ether oxygens (including phenoxy) is 7. The van der Waals surface area contributed by atoms with E-state index in [0.29, 0.717) is 92.5 Å². The van der Waals surface area contributed by atoms with Crippen molar-refractivity contribution in [1.82, 2.24) is 0 Å². The van der Waals surface area contributed by atoms with Crippen LogP contribution in [0.5, 0.6) is 0 Å². The molecule has 0 aromatic heterocycles. The van der Waals surface area contributed by atoms with Gasteiger partial charge in [0.15, 0.2) is 8.32 Å². The molecule has 8 nitrogen and oxygen atoms in total. The minimum atomic E-state index is -1.44. The third-order valence-corrected chi connectivity index (χ3v) is 6.71. The minimum absolute atomic E-state index is 0.552. The predicted molar refractivity (Wildman–Crippen MR) is 157 cm³/mol. The lowest BCUT2D eigenvalue weighted by Gasteiger charge is -2.16. The Bertz CT molecular complexity index is 437. The van der Waals surface area contributed by atoms with Crippen molar-refractivity contribution < 1.29 is 37.6 Å². The van der Waals surface area contributed by atoms with Crippen LogP contribution in [0.4, 0.5) is 0 Å². The molecule has 0 saturated carbocycles. The maximum Gasteiger partial charge on any atom is 0.183 e. The monoisotopic (exact) mass is 566 g/mol. The highest BCUT2D eigenvalue weighted by molar-refractivity contribution is 6.69. The zero-order valence-electron chi connectivity index (χ0n) is 25.4. The van der Waals surface area contributed by atoms with Gasteiger partial charge in [-0.05, 0) is 26.1 Å². The molecular formula is C29H62O8Si. The molecular weight excluding hydrogens is 504 g/mol. The zero-order chi connectivity index (χ0) is 27.8. The first kappa shape index (κ1) is 37.9. The average Bonchev–Trinajstić information content (AvgIpc) is 2.88. The number of rotatable bonds is 33.